The number of nitrogens with one attached hydrogen (secondary N) is 2. The molecule has 25 heavy (non-hydrogen) atoms. The first-order valence-corrected chi connectivity index (χ1v) is 7.90. The van der Waals surface area contributed by atoms with E-state index in [1.807, 2.05) is 18.4 Å². The highest BCUT2D eigenvalue weighted by atomic mass is 35.5. The van der Waals surface area contributed by atoms with Crippen LogP contribution in [0.5, 0.6) is 5.88 Å². The van der Waals surface area contributed by atoms with E-state index in [0.717, 1.165) is 5.69 Å². The molecule has 3 rings (SSSR count). The molecule has 0 aliphatic heterocycles. The van der Waals surface area contributed by atoms with E-state index < -0.39 is 6.09 Å². The number of aryl methyl sites for hydroxylation is 2. The van der Waals surface area contributed by atoms with Crippen LogP contribution in [0, 0.1) is 13.8 Å². The van der Waals surface area contributed by atoms with Crippen molar-refractivity contribution in [2.75, 3.05) is 10.6 Å². The molecule has 2 N–H and O–H groups in total. The average molecular weight is 379 g/mol. The lowest BCUT2D eigenvalue weighted by Gasteiger charge is -2.10. The second-order valence-corrected chi connectivity index (χ2v) is 5.70. The molecule has 3 heterocycles. The number of hydrogen-bond donors (Lipinski definition) is 2. The van der Waals surface area contributed by atoms with Crippen molar-refractivity contribution in [3.8, 4) is 5.88 Å². The van der Waals surface area contributed by atoms with E-state index in [4.69, 9.17) is 4.74 Å². The van der Waals surface area contributed by atoms with Crippen molar-refractivity contribution in [2.45, 2.75) is 13.8 Å². The van der Waals surface area contributed by atoms with E-state index in [1.165, 1.54) is 11.3 Å². The Hall–Kier alpha value is -2.78. The molecular formula is C15H15ClN6O2S. The van der Waals surface area contributed by atoms with Crippen LogP contribution in [0.2, 0.25) is 0 Å². The molecule has 0 bridgehead atoms. The summed E-state index contributed by atoms with van der Waals surface area (Å²) in [5.74, 6) is 0.392. The van der Waals surface area contributed by atoms with E-state index in [9.17, 15) is 4.79 Å². The van der Waals surface area contributed by atoms with Crippen molar-refractivity contribution in [3.05, 3.63) is 47.5 Å². The lowest BCUT2D eigenvalue weighted by Crippen LogP contribution is -2.18. The fourth-order valence-electron chi connectivity index (χ4n) is 1.80. The number of hydrogen-bond acceptors (Lipinski definition) is 8. The van der Waals surface area contributed by atoms with Gasteiger partial charge in [0.05, 0.1) is 29.5 Å². The van der Waals surface area contributed by atoms with Crippen molar-refractivity contribution in [1.29, 1.82) is 0 Å². The number of anilines is 3. The van der Waals surface area contributed by atoms with E-state index in [0.29, 0.717) is 22.3 Å². The minimum Gasteiger partial charge on any atom is -0.387 e. The van der Waals surface area contributed by atoms with Gasteiger partial charge in [0, 0.05) is 11.6 Å². The zero-order valence-electron chi connectivity index (χ0n) is 13.4. The van der Waals surface area contributed by atoms with Gasteiger partial charge >= 0.3 is 6.09 Å². The van der Waals surface area contributed by atoms with Crippen molar-refractivity contribution in [3.63, 3.8) is 0 Å². The highest BCUT2D eigenvalue weighted by Crippen LogP contribution is 2.24. The van der Waals surface area contributed by atoms with Crippen LogP contribution < -0.4 is 15.4 Å². The number of rotatable bonds is 4. The first-order chi connectivity index (χ1) is 11.6. The van der Waals surface area contributed by atoms with Gasteiger partial charge in [0.2, 0.25) is 0 Å². The lowest BCUT2D eigenvalue weighted by atomic mass is 10.4. The van der Waals surface area contributed by atoms with Gasteiger partial charge in [-0.05, 0) is 26.0 Å². The van der Waals surface area contributed by atoms with Crippen LogP contribution >= 0.6 is 23.7 Å². The number of halogens is 1. The fourth-order valence-corrected chi connectivity index (χ4v) is 2.47. The Balaban J connectivity index is 0.00000225. The normalized spacial score (nSPS) is 9.84. The molecule has 0 spiro atoms. The highest BCUT2D eigenvalue weighted by Gasteiger charge is 2.14. The summed E-state index contributed by atoms with van der Waals surface area (Å²) >= 11 is 1.32. The molecule has 3 aromatic heterocycles. The molecule has 0 aromatic carbocycles. The molecular weight excluding hydrogens is 364 g/mol. The van der Waals surface area contributed by atoms with Gasteiger partial charge in [-0.1, -0.05) is 0 Å². The van der Waals surface area contributed by atoms with Crippen molar-refractivity contribution in [1.82, 2.24) is 19.9 Å². The van der Waals surface area contributed by atoms with Crippen LogP contribution in [0.25, 0.3) is 0 Å². The van der Waals surface area contributed by atoms with Crippen molar-refractivity contribution < 1.29 is 9.53 Å². The number of carbonyl (C=O) groups is 1. The molecule has 0 fully saturated rings. The van der Waals surface area contributed by atoms with Crippen LogP contribution in [0.3, 0.4) is 0 Å². The summed E-state index contributed by atoms with van der Waals surface area (Å²) in [6, 6.07) is 3.60. The second kappa shape index (κ2) is 8.36. The third-order valence-electron chi connectivity index (χ3n) is 2.80. The zero-order valence-corrected chi connectivity index (χ0v) is 15.0. The molecule has 3 aromatic rings. The highest BCUT2D eigenvalue weighted by molar-refractivity contribution is 7.13. The van der Waals surface area contributed by atoms with E-state index >= 15 is 0 Å². The predicted octanol–water partition coefficient (Wildman–Crippen LogP) is 3.72. The first kappa shape index (κ1) is 18.6. The molecule has 0 aliphatic rings. The molecule has 0 saturated carbocycles. The molecule has 10 heteroatoms. The maximum absolute atomic E-state index is 12.0. The van der Waals surface area contributed by atoms with Crippen LogP contribution in [-0.2, 0) is 0 Å². The Morgan fingerprint density at radius 2 is 2.04 bits per heavy atom. The van der Waals surface area contributed by atoms with Gasteiger partial charge in [-0.25, -0.2) is 19.7 Å². The number of aromatic nitrogens is 4. The van der Waals surface area contributed by atoms with E-state index in [2.05, 4.69) is 30.6 Å². The quantitative estimate of drug-likeness (QED) is 0.713. The first-order valence-electron chi connectivity index (χ1n) is 7.02. The largest absolute Gasteiger partial charge is 0.420 e. The van der Waals surface area contributed by atoms with Gasteiger partial charge in [-0.3, -0.25) is 10.3 Å². The maximum atomic E-state index is 12.0. The summed E-state index contributed by atoms with van der Waals surface area (Å²) < 4.78 is 5.27. The SMILES string of the molecule is Cc1csc(NC(=O)Oc2nc(C)cnc2Nc2cccnc2)n1.Cl. The molecule has 0 aliphatic carbocycles. The Morgan fingerprint density at radius 3 is 2.72 bits per heavy atom. The monoisotopic (exact) mass is 378 g/mol. The van der Waals surface area contributed by atoms with Gasteiger partial charge in [0.25, 0.3) is 5.88 Å². The van der Waals surface area contributed by atoms with Gasteiger partial charge < -0.3 is 10.1 Å². The summed E-state index contributed by atoms with van der Waals surface area (Å²) in [6.45, 7) is 3.60. The lowest BCUT2D eigenvalue weighted by molar-refractivity contribution is 0.213. The maximum Gasteiger partial charge on any atom is 0.420 e. The minimum absolute atomic E-state index is 0. The van der Waals surface area contributed by atoms with Crippen molar-refractivity contribution in [2.24, 2.45) is 0 Å². The Labute approximate surface area is 154 Å². The number of pyridine rings is 1. The van der Waals surface area contributed by atoms with E-state index in [-0.39, 0.29) is 18.3 Å². The zero-order chi connectivity index (χ0) is 16.9. The topological polar surface area (TPSA) is 102 Å². The van der Waals surface area contributed by atoms with Gasteiger partial charge in [0.15, 0.2) is 10.9 Å². The van der Waals surface area contributed by atoms with Gasteiger partial charge in [-0.2, -0.15) is 0 Å². The number of carbonyl (C=O) groups excluding carboxylic acids is 1. The van der Waals surface area contributed by atoms with E-state index in [1.54, 1.807) is 31.6 Å². The third-order valence-corrected chi connectivity index (χ3v) is 3.68. The Bertz CT molecular complexity index is 858. The summed E-state index contributed by atoms with van der Waals surface area (Å²) in [7, 11) is 0. The summed E-state index contributed by atoms with van der Waals surface area (Å²) in [4.78, 5) is 28.6. The molecule has 1 amide bonds. The molecule has 0 unspecified atom stereocenters. The van der Waals surface area contributed by atoms with Crippen LogP contribution in [0.4, 0.5) is 21.4 Å². The van der Waals surface area contributed by atoms with Crippen LogP contribution in [0.15, 0.2) is 36.1 Å². The molecule has 0 atom stereocenters. The third kappa shape index (κ3) is 5.10. The number of ether oxygens (including phenoxy) is 1. The van der Waals surface area contributed by atoms with Crippen LogP contribution in [-0.4, -0.2) is 26.0 Å². The summed E-state index contributed by atoms with van der Waals surface area (Å²) in [5, 5.41) is 7.87. The number of amides is 1. The van der Waals surface area contributed by atoms with Crippen molar-refractivity contribution >= 4 is 46.5 Å². The molecule has 130 valence electrons. The minimum atomic E-state index is -0.682. The van der Waals surface area contributed by atoms with Crippen LogP contribution in [0.1, 0.15) is 11.4 Å². The number of thiazole rings is 1. The second-order valence-electron chi connectivity index (χ2n) is 4.84. The smallest absolute Gasteiger partial charge is 0.387 e. The fraction of sp³-hybridized carbons (Fsp3) is 0.133. The van der Waals surface area contributed by atoms with Gasteiger partial charge in [-0.15, -0.1) is 23.7 Å². The standard InChI is InChI=1S/C15H14N6O2S.ClH/c1-9-6-17-12(20-11-4-3-5-16-7-11)13(18-9)23-15(22)21-14-19-10(2)8-24-14;/h3-8H,1-2H3,(H,17,20)(H,19,21,22);1H. The summed E-state index contributed by atoms with van der Waals surface area (Å²) in [6.07, 6.45) is 4.18. The predicted molar refractivity (Wildman–Crippen MR) is 98.0 cm³/mol. The Morgan fingerprint density at radius 1 is 1.20 bits per heavy atom. The van der Waals surface area contributed by atoms with Gasteiger partial charge in [0.1, 0.15) is 0 Å². The number of nitrogens with zero attached hydrogens (tertiary/aromatic N) is 4. The molecule has 0 radical (unpaired) electrons. The summed E-state index contributed by atoms with van der Waals surface area (Å²) in [5.41, 5.74) is 2.15. The molecule has 0 saturated heterocycles. The Kier molecular flexibility index (Phi) is 6.20. The molecule has 8 nitrogen and oxygen atoms in total. The average Bonchev–Trinajstić information content (AvgIpc) is 2.96.